The van der Waals surface area contributed by atoms with Crippen molar-refractivity contribution in [3.63, 3.8) is 0 Å². The summed E-state index contributed by atoms with van der Waals surface area (Å²) in [5, 5.41) is 8.29. The molecule has 12 heteroatoms. The summed E-state index contributed by atoms with van der Waals surface area (Å²) < 4.78 is 8.34. The van der Waals surface area contributed by atoms with Crippen molar-refractivity contribution in [2.24, 2.45) is 5.41 Å². The number of anilines is 1. The lowest BCUT2D eigenvalue weighted by Crippen LogP contribution is -2.31. The Morgan fingerprint density at radius 2 is 1.93 bits per heavy atom. The first kappa shape index (κ1) is 28.2. The van der Waals surface area contributed by atoms with Gasteiger partial charge in [0, 0.05) is 59.2 Å². The second kappa shape index (κ2) is 11.3. The Bertz CT molecular complexity index is 1770. The molecule has 0 aliphatic rings. The lowest BCUT2D eigenvalue weighted by atomic mass is 9.96. The highest BCUT2D eigenvalue weighted by molar-refractivity contribution is 7.16. The van der Waals surface area contributed by atoms with E-state index in [1.807, 2.05) is 44.9 Å². The van der Waals surface area contributed by atoms with E-state index in [0.717, 1.165) is 4.88 Å². The van der Waals surface area contributed by atoms with E-state index in [1.165, 1.54) is 39.0 Å². The van der Waals surface area contributed by atoms with Crippen LogP contribution in [0.4, 0.5) is 5.82 Å². The number of carbonyl (C=O) groups excluding carboxylic acids is 2. The second-order valence-electron chi connectivity index (χ2n) is 10.5. The average Bonchev–Trinajstić information content (AvgIpc) is 3.71. The van der Waals surface area contributed by atoms with Crippen molar-refractivity contribution in [2.45, 2.75) is 33.9 Å². The third-order valence-corrected chi connectivity index (χ3v) is 7.57. The highest BCUT2D eigenvalue weighted by Gasteiger charge is 2.29. The fourth-order valence-electron chi connectivity index (χ4n) is 4.29. The maximum atomic E-state index is 13.8. The second-order valence-corrected chi connectivity index (χ2v) is 12.3. The van der Waals surface area contributed by atoms with E-state index in [0.29, 0.717) is 39.1 Å². The highest BCUT2D eigenvalue weighted by atomic mass is 35.5. The standard InChI is InChI=1S/C29H27ClN6O4S/c1-29(2,3)28(39)36-25(34(4)16-19-7-8-24(30)41-19)14-21(33-36)20-10-13-35(17-22(37)23-9-12-32-40-23)27(38)26(20)18-6-5-11-31-15-18/h5-15H,16-17H2,1-4H3. The summed E-state index contributed by atoms with van der Waals surface area (Å²) >= 11 is 7.60. The number of carbonyl (C=O) groups is 2. The van der Waals surface area contributed by atoms with Crippen LogP contribution in [0.15, 0.2) is 76.6 Å². The largest absolute Gasteiger partial charge is 0.354 e. The van der Waals surface area contributed by atoms with Gasteiger partial charge in [0.05, 0.1) is 34.9 Å². The first-order valence-electron chi connectivity index (χ1n) is 12.7. The monoisotopic (exact) mass is 590 g/mol. The van der Waals surface area contributed by atoms with Gasteiger partial charge in [-0.15, -0.1) is 11.3 Å². The molecule has 5 aromatic rings. The number of hydrogen-bond acceptors (Lipinski definition) is 9. The molecule has 0 unspecified atom stereocenters. The third kappa shape index (κ3) is 5.91. The summed E-state index contributed by atoms with van der Waals surface area (Å²) in [5.41, 5.74) is 0.649. The first-order valence-corrected chi connectivity index (χ1v) is 13.9. The third-order valence-electron chi connectivity index (χ3n) is 6.36. The maximum Gasteiger partial charge on any atom is 0.259 e. The van der Waals surface area contributed by atoms with Crippen LogP contribution in [-0.2, 0) is 13.1 Å². The van der Waals surface area contributed by atoms with Gasteiger partial charge in [0.15, 0.2) is 0 Å². The van der Waals surface area contributed by atoms with Crippen molar-refractivity contribution in [2.75, 3.05) is 11.9 Å². The van der Waals surface area contributed by atoms with Crippen molar-refractivity contribution < 1.29 is 14.1 Å². The van der Waals surface area contributed by atoms with Gasteiger partial charge >= 0.3 is 0 Å². The van der Waals surface area contributed by atoms with Gasteiger partial charge < -0.3 is 14.0 Å². The van der Waals surface area contributed by atoms with E-state index >= 15 is 0 Å². The van der Waals surface area contributed by atoms with Gasteiger partial charge in [-0.05, 0) is 24.3 Å². The van der Waals surface area contributed by atoms with Crippen LogP contribution in [0, 0.1) is 5.41 Å². The quantitative estimate of drug-likeness (QED) is 0.212. The zero-order valence-electron chi connectivity index (χ0n) is 22.9. The van der Waals surface area contributed by atoms with Gasteiger partial charge in [0.1, 0.15) is 5.82 Å². The molecule has 0 bridgehead atoms. The van der Waals surface area contributed by atoms with E-state index in [4.69, 9.17) is 21.2 Å². The molecule has 5 rings (SSSR count). The molecule has 0 atom stereocenters. The molecule has 5 heterocycles. The molecule has 0 aliphatic carbocycles. The number of nitrogens with zero attached hydrogens (tertiary/aromatic N) is 6. The average molecular weight is 591 g/mol. The first-order chi connectivity index (χ1) is 19.5. The van der Waals surface area contributed by atoms with Gasteiger partial charge in [0.2, 0.25) is 11.5 Å². The molecule has 0 N–H and O–H groups in total. The van der Waals surface area contributed by atoms with Crippen molar-refractivity contribution in [1.29, 1.82) is 0 Å². The molecule has 10 nitrogen and oxygen atoms in total. The van der Waals surface area contributed by atoms with E-state index in [2.05, 4.69) is 10.1 Å². The number of Topliss-reactive ketones (excluding diaryl/α,β-unsaturated/α-hetero) is 1. The normalized spacial score (nSPS) is 11.5. The molecule has 0 radical (unpaired) electrons. The number of rotatable bonds is 8. The summed E-state index contributed by atoms with van der Waals surface area (Å²) in [6.45, 7) is 5.74. The lowest BCUT2D eigenvalue weighted by Gasteiger charge is -2.22. The van der Waals surface area contributed by atoms with E-state index in [-0.39, 0.29) is 18.2 Å². The van der Waals surface area contributed by atoms with Crippen LogP contribution in [0.3, 0.4) is 0 Å². The molecule has 5 aromatic heterocycles. The van der Waals surface area contributed by atoms with Gasteiger partial charge in [-0.2, -0.15) is 9.78 Å². The fraction of sp³-hybridized carbons (Fsp3) is 0.241. The van der Waals surface area contributed by atoms with E-state index in [9.17, 15) is 14.4 Å². The van der Waals surface area contributed by atoms with Gasteiger partial charge in [-0.3, -0.25) is 19.4 Å². The number of pyridine rings is 2. The Balaban J connectivity index is 1.63. The molecule has 210 valence electrons. The minimum Gasteiger partial charge on any atom is -0.354 e. The SMILES string of the molecule is CN(Cc1ccc(Cl)s1)c1cc(-c2ccn(CC(=O)c3ccno3)c(=O)c2-c2cccnc2)nn1C(=O)C(C)(C)C. The molecule has 0 spiro atoms. The Morgan fingerprint density at radius 3 is 2.56 bits per heavy atom. The van der Waals surface area contributed by atoms with Crippen molar-refractivity contribution in [1.82, 2.24) is 24.5 Å². The van der Waals surface area contributed by atoms with Crippen LogP contribution in [0.25, 0.3) is 22.4 Å². The van der Waals surface area contributed by atoms with E-state index in [1.54, 1.807) is 36.7 Å². The van der Waals surface area contributed by atoms with Crippen LogP contribution in [0.2, 0.25) is 4.34 Å². The molecular weight excluding hydrogens is 564 g/mol. The number of aromatic nitrogens is 5. The molecule has 0 aliphatic heterocycles. The number of ketones is 1. The number of thiophene rings is 1. The fourth-order valence-corrected chi connectivity index (χ4v) is 5.43. The minimum atomic E-state index is -0.720. The summed E-state index contributed by atoms with van der Waals surface area (Å²) in [7, 11) is 1.87. The van der Waals surface area contributed by atoms with Crippen LogP contribution >= 0.6 is 22.9 Å². The van der Waals surface area contributed by atoms with Gasteiger partial charge in [-0.25, -0.2) is 0 Å². The lowest BCUT2D eigenvalue weighted by molar-refractivity contribution is 0.0751. The van der Waals surface area contributed by atoms with Crippen LogP contribution in [0.1, 0.15) is 41.0 Å². The summed E-state index contributed by atoms with van der Waals surface area (Å²) in [6, 6.07) is 12.2. The van der Waals surface area contributed by atoms with Crippen molar-refractivity contribution in [3.8, 4) is 22.4 Å². The molecule has 0 amide bonds. The molecule has 0 saturated heterocycles. The predicted octanol–water partition coefficient (Wildman–Crippen LogP) is 5.68. The minimum absolute atomic E-state index is 0.0584. The molecule has 0 aromatic carbocycles. The highest BCUT2D eigenvalue weighted by Crippen LogP contribution is 2.33. The molecule has 41 heavy (non-hydrogen) atoms. The Hall–Kier alpha value is -4.35. The molecular formula is C29H27ClN6O4S. The van der Waals surface area contributed by atoms with Crippen LogP contribution in [-0.4, -0.2) is 43.2 Å². The Labute approximate surface area is 244 Å². The summed E-state index contributed by atoms with van der Waals surface area (Å²) in [6.07, 6.45) is 6.09. The molecule has 0 fully saturated rings. The zero-order chi connectivity index (χ0) is 29.3. The zero-order valence-corrected chi connectivity index (χ0v) is 24.4. The summed E-state index contributed by atoms with van der Waals surface area (Å²) in [4.78, 5) is 47.2. The van der Waals surface area contributed by atoms with Gasteiger partial charge in [0.25, 0.3) is 11.5 Å². The number of halogens is 1. The van der Waals surface area contributed by atoms with E-state index < -0.39 is 16.8 Å². The number of hydrogen-bond donors (Lipinski definition) is 0. The predicted molar refractivity (Wildman–Crippen MR) is 158 cm³/mol. The van der Waals surface area contributed by atoms with Crippen LogP contribution in [0.5, 0.6) is 0 Å². The smallest absolute Gasteiger partial charge is 0.259 e. The van der Waals surface area contributed by atoms with Crippen LogP contribution < -0.4 is 10.5 Å². The summed E-state index contributed by atoms with van der Waals surface area (Å²) in [5.74, 6) is 0.0187. The Kier molecular flexibility index (Phi) is 7.74. The van der Waals surface area contributed by atoms with Crippen molar-refractivity contribution >= 4 is 40.4 Å². The topological polar surface area (TPSA) is 116 Å². The maximum absolute atomic E-state index is 13.8. The Morgan fingerprint density at radius 1 is 1.12 bits per heavy atom. The van der Waals surface area contributed by atoms with Gasteiger partial charge in [-0.1, -0.05) is 43.6 Å². The van der Waals surface area contributed by atoms with Crippen molar-refractivity contribution in [3.05, 3.63) is 92.6 Å². The molecule has 0 saturated carbocycles.